The number of hydrogen-bond donors (Lipinski definition) is 0. The van der Waals surface area contributed by atoms with Crippen molar-refractivity contribution in [3.63, 3.8) is 0 Å². The highest BCUT2D eigenvalue weighted by molar-refractivity contribution is 6.01. The largest absolute Gasteiger partial charge is 0.496 e. The molecule has 3 aromatic rings. The summed E-state index contributed by atoms with van der Waals surface area (Å²) in [5.74, 6) is 1.18. The third-order valence-electron chi connectivity index (χ3n) is 4.84. The van der Waals surface area contributed by atoms with Gasteiger partial charge < -0.3 is 23.5 Å². The molecule has 0 aliphatic rings. The maximum absolute atomic E-state index is 12.8. The van der Waals surface area contributed by atoms with Crippen LogP contribution in [0.15, 0.2) is 28.8 Å². The minimum absolute atomic E-state index is 0.122. The average molecular weight is 428 g/mol. The fourth-order valence-electron chi connectivity index (χ4n) is 3.33. The molecule has 1 aromatic carbocycles. The predicted octanol–water partition coefficient (Wildman–Crippen LogP) is 3.46. The molecule has 0 N–H and O–H groups in total. The topological polar surface area (TPSA) is 102 Å². The summed E-state index contributed by atoms with van der Waals surface area (Å²) < 4.78 is 27.9. The summed E-state index contributed by atoms with van der Waals surface area (Å²) in [5.41, 5.74) is 2.04. The van der Waals surface area contributed by atoms with Gasteiger partial charge in [-0.05, 0) is 26.8 Å². The number of nitrogens with zero attached hydrogens (tertiary/aromatic N) is 2. The normalized spacial score (nSPS) is 10.6. The summed E-state index contributed by atoms with van der Waals surface area (Å²) in [7, 11) is 4.35. The molecule has 164 valence electrons. The van der Waals surface area contributed by atoms with Crippen molar-refractivity contribution >= 4 is 11.8 Å². The second-order valence-electron chi connectivity index (χ2n) is 6.82. The number of methoxy groups -OCH3 is 3. The minimum atomic E-state index is -0.716. The Balaban J connectivity index is 1.79. The van der Waals surface area contributed by atoms with E-state index < -0.39 is 12.6 Å². The standard InChI is InChI=1S/C22H24N2O7/c1-12-7-15(14(3)24(12)21-8-13(2)31-23-21)17(25)11-30-22(26)16-9-19(28-5)20(29-6)10-18(16)27-4/h7-10H,11H2,1-6H3. The van der Waals surface area contributed by atoms with Crippen LogP contribution in [0, 0.1) is 20.8 Å². The van der Waals surface area contributed by atoms with Crippen LogP contribution in [0.25, 0.3) is 5.82 Å². The molecule has 2 heterocycles. The van der Waals surface area contributed by atoms with Gasteiger partial charge in [0.05, 0.1) is 21.3 Å². The van der Waals surface area contributed by atoms with E-state index >= 15 is 0 Å². The van der Waals surface area contributed by atoms with Gasteiger partial charge in [-0.15, -0.1) is 0 Å². The fraction of sp³-hybridized carbons (Fsp3) is 0.318. The van der Waals surface area contributed by atoms with Crippen molar-refractivity contribution in [1.82, 2.24) is 9.72 Å². The molecule has 0 atom stereocenters. The maximum Gasteiger partial charge on any atom is 0.342 e. The molecule has 9 nitrogen and oxygen atoms in total. The molecule has 0 spiro atoms. The molecule has 0 fully saturated rings. The molecule has 3 rings (SSSR count). The third kappa shape index (κ3) is 4.25. The number of rotatable bonds is 8. The van der Waals surface area contributed by atoms with Crippen molar-refractivity contribution < 1.29 is 33.1 Å². The molecule has 0 bridgehead atoms. The Kier molecular flexibility index (Phi) is 6.33. The zero-order valence-corrected chi connectivity index (χ0v) is 18.3. The van der Waals surface area contributed by atoms with Gasteiger partial charge in [-0.25, -0.2) is 4.79 Å². The van der Waals surface area contributed by atoms with Crippen molar-refractivity contribution in [2.45, 2.75) is 20.8 Å². The van der Waals surface area contributed by atoms with E-state index in [1.54, 1.807) is 26.0 Å². The Labute approximate surface area is 179 Å². The number of hydrogen-bond acceptors (Lipinski definition) is 8. The van der Waals surface area contributed by atoms with E-state index in [-0.39, 0.29) is 17.1 Å². The van der Waals surface area contributed by atoms with Gasteiger partial charge in [-0.2, -0.15) is 0 Å². The van der Waals surface area contributed by atoms with Crippen molar-refractivity contribution in [2.24, 2.45) is 0 Å². The van der Waals surface area contributed by atoms with E-state index in [4.69, 9.17) is 23.5 Å². The number of Topliss-reactive ketones (excluding diaryl/α,β-unsaturated/α-hetero) is 1. The first-order valence-electron chi connectivity index (χ1n) is 9.43. The van der Waals surface area contributed by atoms with Crippen LogP contribution in [0.1, 0.15) is 37.9 Å². The second-order valence-corrected chi connectivity index (χ2v) is 6.82. The van der Waals surface area contributed by atoms with Gasteiger partial charge in [0, 0.05) is 35.2 Å². The zero-order valence-electron chi connectivity index (χ0n) is 18.3. The lowest BCUT2D eigenvalue weighted by Gasteiger charge is -2.13. The van der Waals surface area contributed by atoms with E-state index in [2.05, 4.69) is 5.16 Å². The fourth-order valence-corrected chi connectivity index (χ4v) is 3.33. The van der Waals surface area contributed by atoms with E-state index in [1.165, 1.54) is 33.5 Å². The van der Waals surface area contributed by atoms with Crippen molar-refractivity contribution in [1.29, 1.82) is 0 Å². The maximum atomic E-state index is 12.8. The van der Waals surface area contributed by atoms with Crippen LogP contribution in [0.4, 0.5) is 0 Å². The molecule has 0 unspecified atom stereocenters. The first-order valence-corrected chi connectivity index (χ1v) is 9.43. The summed E-state index contributed by atoms with van der Waals surface area (Å²) in [6, 6.07) is 6.47. The first-order chi connectivity index (χ1) is 14.8. The number of ketones is 1. The average Bonchev–Trinajstić information content (AvgIpc) is 3.32. The van der Waals surface area contributed by atoms with Gasteiger partial charge >= 0.3 is 5.97 Å². The van der Waals surface area contributed by atoms with Crippen molar-refractivity contribution in [3.8, 4) is 23.1 Å². The van der Waals surface area contributed by atoms with E-state index in [1.807, 2.05) is 11.5 Å². The number of ether oxygens (including phenoxy) is 4. The smallest absolute Gasteiger partial charge is 0.342 e. The molecule has 0 amide bonds. The van der Waals surface area contributed by atoms with Gasteiger partial charge in [0.25, 0.3) is 0 Å². The van der Waals surface area contributed by atoms with Crippen LogP contribution in [-0.4, -0.2) is 49.4 Å². The molecule has 31 heavy (non-hydrogen) atoms. The molecule has 0 radical (unpaired) electrons. The molecule has 0 saturated carbocycles. The number of benzene rings is 1. The molecule has 9 heteroatoms. The van der Waals surface area contributed by atoms with Crippen LogP contribution in [-0.2, 0) is 4.74 Å². The quantitative estimate of drug-likeness (QED) is 0.397. The van der Waals surface area contributed by atoms with E-state index in [0.717, 1.165) is 5.69 Å². The lowest BCUT2D eigenvalue weighted by atomic mass is 10.1. The molecule has 2 aromatic heterocycles. The summed E-state index contributed by atoms with van der Waals surface area (Å²) in [6.07, 6.45) is 0. The number of carbonyl (C=O) groups is 2. The second kappa shape index (κ2) is 8.95. The summed E-state index contributed by atoms with van der Waals surface area (Å²) in [4.78, 5) is 25.4. The Hall–Kier alpha value is -3.75. The third-order valence-corrected chi connectivity index (χ3v) is 4.84. The van der Waals surface area contributed by atoms with E-state index in [9.17, 15) is 9.59 Å². The van der Waals surface area contributed by atoms with Gasteiger partial charge in [-0.1, -0.05) is 5.16 Å². The summed E-state index contributed by atoms with van der Waals surface area (Å²) in [5, 5.41) is 4.00. The molecule has 0 aliphatic carbocycles. The lowest BCUT2D eigenvalue weighted by Crippen LogP contribution is -2.16. The van der Waals surface area contributed by atoms with Crippen LogP contribution >= 0.6 is 0 Å². The summed E-state index contributed by atoms with van der Waals surface area (Å²) >= 11 is 0. The molecule has 0 saturated heterocycles. The molecular formula is C22H24N2O7. The van der Waals surface area contributed by atoms with Gasteiger partial charge in [0.15, 0.2) is 23.9 Å². The monoisotopic (exact) mass is 428 g/mol. The Morgan fingerprint density at radius 1 is 0.903 bits per heavy atom. The van der Waals surface area contributed by atoms with Crippen LogP contribution in [0.2, 0.25) is 0 Å². The first kappa shape index (κ1) is 21.9. The van der Waals surface area contributed by atoms with Gasteiger partial charge in [0.1, 0.15) is 17.1 Å². The number of aromatic nitrogens is 2. The Bertz CT molecular complexity index is 1130. The summed E-state index contributed by atoms with van der Waals surface area (Å²) in [6.45, 7) is 5.01. The highest BCUT2D eigenvalue weighted by atomic mass is 16.5. The SMILES string of the molecule is COc1cc(OC)c(C(=O)OCC(=O)c2cc(C)n(-c3cc(C)on3)c2C)cc1OC. The van der Waals surface area contributed by atoms with Crippen molar-refractivity contribution in [3.05, 3.63) is 52.5 Å². The van der Waals surface area contributed by atoms with Crippen LogP contribution in [0.3, 0.4) is 0 Å². The predicted molar refractivity (Wildman–Crippen MR) is 111 cm³/mol. The van der Waals surface area contributed by atoms with Crippen molar-refractivity contribution in [2.75, 3.05) is 27.9 Å². The minimum Gasteiger partial charge on any atom is -0.496 e. The molecular weight excluding hydrogens is 404 g/mol. The van der Waals surface area contributed by atoms with E-state index in [0.29, 0.717) is 34.3 Å². The lowest BCUT2D eigenvalue weighted by molar-refractivity contribution is 0.0471. The van der Waals surface area contributed by atoms with Crippen LogP contribution < -0.4 is 14.2 Å². The Morgan fingerprint density at radius 2 is 1.55 bits per heavy atom. The number of esters is 1. The highest BCUT2D eigenvalue weighted by Gasteiger charge is 2.22. The highest BCUT2D eigenvalue weighted by Crippen LogP contribution is 2.35. The number of carbonyl (C=O) groups excluding carboxylic acids is 2. The van der Waals surface area contributed by atoms with Crippen LogP contribution in [0.5, 0.6) is 17.2 Å². The zero-order chi connectivity index (χ0) is 22.7. The van der Waals surface area contributed by atoms with Gasteiger partial charge in [0.2, 0.25) is 5.78 Å². The number of aryl methyl sites for hydroxylation is 2. The molecule has 0 aliphatic heterocycles. The Morgan fingerprint density at radius 3 is 2.13 bits per heavy atom. The van der Waals surface area contributed by atoms with Gasteiger partial charge in [-0.3, -0.25) is 9.36 Å².